The van der Waals surface area contributed by atoms with Crippen LogP contribution in [0.25, 0.3) is 0 Å². The molecule has 2 N–H and O–H groups in total. The van der Waals surface area contributed by atoms with Crippen LogP contribution in [-0.2, 0) is 9.68 Å². The normalized spacial score (nSPS) is 9.77. The number of halogens is 1. The third-order valence-electron chi connectivity index (χ3n) is 0.931. The highest BCUT2D eigenvalue weighted by Crippen LogP contribution is 1.91. The van der Waals surface area contributed by atoms with Crippen LogP contribution >= 0.6 is 12.4 Å². The van der Waals surface area contributed by atoms with Crippen molar-refractivity contribution in [3.05, 3.63) is 12.7 Å². The molecule has 0 fully saturated rings. The van der Waals surface area contributed by atoms with Crippen LogP contribution in [0, 0.1) is 0 Å². The maximum atomic E-state index is 8.43. The minimum absolute atomic E-state index is 0. The fraction of sp³-hybridized carbons (Fsp3) is 0.714. The largest absolute Gasteiger partial charge is 0.394 e. The highest BCUT2D eigenvalue weighted by molar-refractivity contribution is 5.85. The van der Waals surface area contributed by atoms with Crippen molar-refractivity contribution in [2.45, 2.75) is 0 Å². The number of hydroxylamine groups is 2. The van der Waals surface area contributed by atoms with E-state index in [0.717, 1.165) is 0 Å². The number of aliphatic hydroxyl groups excluding tert-OH is 2. The molecule has 0 heterocycles. The monoisotopic (exact) mass is 213 g/mol. The van der Waals surface area contributed by atoms with Gasteiger partial charge in [0.05, 0.1) is 33.0 Å². The molecule has 0 bridgehead atoms. The van der Waals surface area contributed by atoms with E-state index in [0.29, 0.717) is 6.54 Å². The molecule has 0 rings (SSSR count). The average Bonchev–Trinajstić information content (AvgIpc) is 2.10. The molecule has 0 spiro atoms. The summed E-state index contributed by atoms with van der Waals surface area (Å²) in [6.45, 7) is 4.06. The van der Waals surface area contributed by atoms with Crippen molar-refractivity contribution in [2.24, 2.45) is 0 Å². The van der Waals surface area contributed by atoms with Gasteiger partial charge in [0.25, 0.3) is 0 Å². The zero-order valence-electron chi connectivity index (χ0n) is 7.39. The van der Waals surface area contributed by atoms with Crippen molar-refractivity contribution in [3.8, 4) is 0 Å². The second-order valence-corrected chi connectivity index (χ2v) is 1.92. The van der Waals surface area contributed by atoms with E-state index < -0.39 is 0 Å². The van der Waals surface area contributed by atoms with Gasteiger partial charge in [-0.25, -0.2) is 0 Å². The van der Waals surface area contributed by atoms with Gasteiger partial charge < -0.3 is 10.2 Å². The lowest BCUT2D eigenvalue weighted by Gasteiger charge is -2.18. The third-order valence-corrected chi connectivity index (χ3v) is 0.931. The predicted octanol–water partition coefficient (Wildman–Crippen LogP) is -0.256. The Bertz CT molecular complexity index is 107. The quantitative estimate of drug-likeness (QED) is 0.430. The van der Waals surface area contributed by atoms with E-state index in [9.17, 15) is 0 Å². The molecular weight excluding hydrogens is 198 g/mol. The summed E-state index contributed by atoms with van der Waals surface area (Å²) >= 11 is 0. The van der Waals surface area contributed by atoms with Gasteiger partial charge in [0.15, 0.2) is 0 Å². The first-order valence-electron chi connectivity index (χ1n) is 3.71. The predicted molar refractivity (Wildman–Crippen MR) is 50.2 cm³/mol. The molecule has 80 valence electrons. The van der Waals surface area contributed by atoms with Crippen molar-refractivity contribution < 1.29 is 19.9 Å². The lowest BCUT2D eigenvalue weighted by atomic mass is 10.6. The van der Waals surface area contributed by atoms with E-state index in [-0.39, 0.29) is 38.8 Å². The fourth-order valence-electron chi connectivity index (χ4n) is 0.533. The van der Waals surface area contributed by atoms with E-state index in [1.165, 1.54) is 5.23 Å². The summed E-state index contributed by atoms with van der Waals surface area (Å²) in [5, 5.41) is 18.0. The summed E-state index contributed by atoms with van der Waals surface area (Å²) in [5.41, 5.74) is 0. The highest BCUT2D eigenvalue weighted by atomic mass is 35.5. The number of hydrogen-bond acceptors (Lipinski definition) is 5. The second-order valence-electron chi connectivity index (χ2n) is 1.92. The number of nitrogens with zero attached hydrogens (tertiary/aromatic N) is 1. The molecule has 0 saturated heterocycles. The van der Waals surface area contributed by atoms with Crippen molar-refractivity contribution in [3.63, 3.8) is 0 Å². The van der Waals surface area contributed by atoms with E-state index in [4.69, 9.17) is 19.9 Å². The Balaban J connectivity index is 0. The molecule has 6 heteroatoms. The van der Waals surface area contributed by atoms with Crippen LogP contribution in [0.2, 0.25) is 0 Å². The van der Waals surface area contributed by atoms with Crippen molar-refractivity contribution in [1.29, 1.82) is 0 Å². The second kappa shape index (κ2) is 11.8. The standard InChI is InChI=1S/C7H15NO4.ClH/c1-2-3-8(11-6-4-9)12-7-5-10;/h2,9-10H,1,3-7H2;1H. The van der Waals surface area contributed by atoms with Gasteiger partial charge in [-0.05, 0) is 0 Å². The van der Waals surface area contributed by atoms with Crippen LogP contribution in [0.5, 0.6) is 0 Å². The Morgan fingerprint density at radius 2 is 1.62 bits per heavy atom. The fourth-order valence-corrected chi connectivity index (χ4v) is 0.533. The summed E-state index contributed by atoms with van der Waals surface area (Å²) in [6.07, 6.45) is 1.59. The molecule has 0 aliphatic heterocycles. The molecule has 13 heavy (non-hydrogen) atoms. The topological polar surface area (TPSA) is 62.2 Å². The summed E-state index contributed by atoms with van der Waals surface area (Å²) in [6, 6.07) is 0. The van der Waals surface area contributed by atoms with Gasteiger partial charge >= 0.3 is 0 Å². The SMILES string of the molecule is C=CCN(OCCO)OCCO.Cl. The van der Waals surface area contributed by atoms with Gasteiger partial charge in [-0.3, -0.25) is 9.68 Å². The van der Waals surface area contributed by atoms with Crippen LogP contribution in [0.3, 0.4) is 0 Å². The first kappa shape index (κ1) is 15.3. The third kappa shape index (κ3) is 9.75. The molecule has 0 aliphatic rings. The Morgan fingerprint density at radius 1 is 1.15 bits per heavy atom. The zero-order valence-corrected chi connectivity index (χ0v) is 8.20. The molecule has 5 nitrogen and oxygen atoms in total. The van der Waals surface area contributed by atoms with Gasteiger partial charge in [0.2, 0.25) is 0 Å². The number of rotatable bonds is 8. The number of hydrogen-bond donors (Lipinski definition) is 2. The first-order chi connectivity index (χ1) is 5.85. The number of aliphatic hydroxyl groups is 2. The highest BCUT2D eigenvalue weighted by Gasteiger charge is 2.01. The summed E-state index contributed by atoms with van der Waals surface area (Å²) in [4.78, 5) is 9.82. The molecule has 0 aromatic carbocycles. The van der Waals surface area contributed by atoms with Crippen LogP contribution in [0.15, 0.2) is 12.7 Å². The maximum absolute atomic E-state index is 8.43. The Morgan fingerprint density at radius 3 is 1.92 bits per heavy atom. The van der Waals surface area contributed by atoms with E-state index in [1.807, 2.05) is 0 Å². The summed E-state index contributed by atoms with van der Waals surface area (Å²) in [7, 11) is 0. The minimum atomic E-state index is -0.0733. The summed E-state index contributed by atoms with van der Waals surface area (Å²) < 4.78 is 0. The van der Waals surface area contributed by atoms with E-state index in [1.54, 1.807) is 6.08 Å². The lowest BCUT2D eigenvalue weighted by Crippen LogP contribution is -2.27. The molecule has 0 amide bonds. The molecule has 0 radical (unpaired) electrons. The smallest absolute Gasteiger partial charge is 0.0942 e. The van der Waals surface area contributed by atoms with Crippen LogP contribution < -0.4 is 0 Å². The van der Waals surface area contributed by atoms with Crippen LogP contribution in [0.4, 0.5) is 0 Å². The van der Waals surface area contributed by atoms with Crippen LogP contribution in [0.1, 0.15) is 0 Å². The van der Waals surface area contributed by atoms with Gasteiger partial charge in [0, 0.05) is 0 Å². The van der Waals surface area contributed by atoms with Crippen molar-refractivity contribution in [1.82, 2.24) is 5.23 Å². The summed E-state index contributed by atoms with van der Waals surface area (Å²) in [5.74, 6) is 0. The van der Waals surface area contributed by atoms with Crippen molar-refractivity contribution >= 4 is 12.4 Å². The Labute approximate surface area is 83.9 Å². The lowest BCUT2D eigenvalue weighted by molar-refractivity contribution is -0.365. The van der Waals surface area contributed by atoms with Gasteiger partial charge in [-0.15, -0.1) is 19.0 Å². The molecule has 0 unspecified atom stereocenters. The molecule has 0 aliphatic carbocycles. The molecule has 0 atom stereocenters. The molecule has 0 aromatic rings. The van der Waals surface area contributed by atoms with Gasteiger partial charge in [-0.2, -0.15) is 0 Å². The Kier molecular flexibility index (Phi) is 13.9. The van der Waals surface area contributed by atoms with E-state index >= 15 is 0 Å². The van der Waals surface area contributed by atoms with Gasteiger partial charge in [-0.1, -0.05) is 11.3 Å². The molecule has 0 saturated carbocycles. The van der Waals surface area contributed by atoms with Crippen molar-refractivity contribution in [2.75, 3.05) is 33.0 Å². The van der Waals surface area contributed by atoms with Crippen LogP contribution in [-0.4, -0.2) is 48.4 Å². The molecular formula is C7H16ClNO4. The average molecular weight is 214 g/mol. The first-order valence-corrected chi connectivity index (χ1v) is 3.71. The minimum Gasteiger partial charge on any atom is -0.394 e. The van der Waals surface area contributed by atoms with Gasteiger partial charge in [0.1, 0.15) is 0 Å². The Hall–Kier alpha value is -0.170. The van der Waals surface area contributed by atoms with E-state index in [2.05, 4.69) is 6.58 Å². The molecule has 0 aromatic heterocycles. The zero-order chi connectivity index (χ0) is 9.23. The maximum Gasteiger partial charge on any atom is 0.0942 e.